The minimum Gasteiger partial charge on any atom is -0.348 e. The van der Waals surface area contributed by atoms with Gasteiger partial charge >= 0.3 is 0 Å². The van der Waals surface area contributed by atoms with E-state index in [1.807, 2.05) is 30.3 Å². The molecular formula is C12H11N3OS. The Morgan fingerprint density at radius 3 is 2.76 bits per heavy atom. The van der Waals surface area contributed by atoms with E-state index in [0.29, 0.717) is 16.6 Å². The molecule has 2 aromatic rings. The van der Waals surface area contributed by atoms with Gasteiger partial charge in [0.2, 0.25) is 0 Å². The highest BCUT2D eigenvalue weighted by Gasteiger charge is 2.26. The van der Waals surface area contributed by atoms with Crippen molar-refractivity contribution in [1.29, 1.82) is 0 Å². The number of carbonyl (C=O) groups is 1. The first-order valence-electron chi connectivity index (χ1n) is 5.53. The summed E-state index contributed by atoms with van der Waals surface area (Å²) < 4.78 is 3.88. The van der Waals surface area contributed by atoms with Crippen LogP contribution >= 0.6 is 11.5 Å². The van der Waals surface area contributed by atoms with E-state index in [2.05, 4.69) is 14.9 Å². The van der Waals surface area contributed by atoms with E-state index in [1.165, 1.54) is 0 Å². The molecule has 1 aromatic heterocycles. The number of rotatable bonds is 3. The Labute approximate surface area is 103 Å². The maximum Gasteiger partial charge on any atom is 0.265 e. The molecule has 0 radical (unpaired) electrons. The van der Waals surface area contributed by atoms with E-state index >= 15 is 0 Å². The minimum atomic E-state index is -0.0543. The molecule has 3 rings (SSSR count). The van der Waals surface area contributed by atoms with Crippen LogP contribution < -0.4 is 5.32 Å². The summed E-state index contributed by atoms with van der Waals surface area (Å²) in [6.45, 7) is 0. The predicted molar refractivity (Wildman–Crippen MR) is 65.8 cm³/mol. The predicted octanol–water partition coefficient (Wildman–Crippen LogP) is 2.10. The Bertz CT molecular complexity index is 534. The van der Waals surface area contributed by atoms with Crippen LogP contribution in [0.4, 0.5) is 0 Å². The highest BCUT2D eigenvalue weighted by atomic mass is 32.1. The summed E-state index contributed by atoms with van der Waals surface area (Å²) in [5.74, 6) is -0.0543. The van der Waals surface area contributed by atoms with E-state index < -0.39 is 0 Å². The molecule has 1 fully saturated rings. The summed E-state index contributed by atoms with van der Waals surface area (Å²) in [5.41, 5.74) is 1.61. The molecule has 1 aromatic carbocycles. The first-order valence-corrected chi connectivity index (χ1v) is 6.30. The molecule has 1 aliphatic carbocycles. The van der Waals surface area contributed by atoms with Crippen LogP contribution in [0.25, 0.3) is 11.3 Å². The Hall–Kier alpha value is -1.75. The Morgan fingerprint density at radius 2 is 2.06 bits per heavy atom. The van der Waals surface area contributed by atoms with Gasteiger partial charge in [0, 0.05) is 11.6 Å². The Kier molecular flexibility index (Phi) is 2.60. The van der Waals surface area contributed by atoms with Crippen LogP contribution in [0, 0.1) is 0 Å². The minimum absolute atomic E-state index is 0.0543. The van der Waals surface area contributed by atoms with Crippen molar-refractivity contribution in [3.63, 3.8) is 0 Å². The average molecular weight is 245 g/mol. The van der Waals surface area contributed by atoms with Gasteiger partial charge in [0.1, 0.15) is 10.6 Å². The topological polar surface area (TPSA) is 54.9 Å². The molecule has 86 valence electrons. The van der Waals surface area contributed by atoms with Gasteiger partial charge < -0.3 is 5.32 Å². The summed E-state index contributed by atoms with van der Waals surface area (Å²) >= 11 is 1.15. The molecule has 1 N–H and O–H groups in total. The fourth-order valence-electron chi connectivity index (χ4n) is 1.60. The second kappa shape index (κ2) is 4.25. The highest BCUT2D eigenvalue weighted by molar-refractivity contribution is 7.08. The molecule has 1 aliphatic rings. The number of amides is 1. The molecule has 1 amide bonds. The Morgan fingerprint density at radius 1 is 1.29 bits per heavy atom. The van der Waals surface area contributed by atoms with E-state index in [1.54, 1.807) is 0 Å². The van der Waals surface area contributed by atoms with Gasteiger partial charge in [-0.25, -0.2) is 0 Å². The first kappa shape index (κ1) is 10.4. The third-order valence-electron chi connectivity index (χ3n) is 2.65. The van der Waals surface area contributed by atoms with Crippen molar-refractivity contribution in [2.24, 2.45) is 0 Å². The third kappa shape index (κ3) is 2.19. The quantitative estimate of drug-likeness (QED) is 0.901. The second-order valence-corrected chi connectivity index (χ2v) is 4.82. The fourth-order valence-corrected chi connectivity index (χ4v) is 2.19. The lowest BCUT2D eigenvalue weighted by Crippen LogP contribution is -2.24. The van der Waals surface area contributed by atoms with Crippen molar-refractivity contribution in [3.05, 3.63) is 35.2 Å². The zero-order valence-corrected chi connectivity index (χ0v) is 9.91. The van der Waals surface area contributed by atoms with E-state index in [9.17, 15) is 4.79 Å². The largest absolute Gasteiger partial charge is 0.348 e. The summed E-state index contributed by atoms with van der Waals surface area (Å²) in [4.78, 5) is 12.6. The Balaban J connectivity index is 1.90. The van der Waals surface area contributed by atoms with Gasteiger partial charge in [-0.2, -0.15) is 0 Å². The van der Waals surface area contributed by atoms with Gasteiger partial charge in [-0.05, 0) is 24.4 Å². The van der Waals surface area contributed by atoms with Crippen LogP contribution in [-0.4, -0.2) is 21.5 Å². The molecule has 0 unspecified atom stereocenters. The van der Waals surface area contributed by atoms with Crippen LogP contribution in [0.1, 0.15) is 22.5 Å². The van der Waals surface area contributed by atoms with E-state index in [-0.39, 0.29) is 5.91 Å². The maximum atomic E-state index is 12.0. The normalized spacial score (nSPS) is 14.6. The number of nitrogens with zero attached hydrogens (tertiary/aromatic N) is 2. The van der Waals surface area contributed by atoms with Crippen molar-refractivity contribution in [2.75, 3.05) is 0 Å². The van der Waals surface area contributed by atoms with Crippen molar-refractivity contribution in [1.82, 2.24) is 14.9 Å². The highest BCUT2D eigenvalue weighted by Crippen LogP contribution is 2.25. The van der Waals surface area contributed by atoms with Gasteiger partial charge in [0.25, 0.3) is 5.91 Å². The van der Waals surface area contributed by atoms with Gasteiger partial charge in [-0.15, -0.1) is 5.10 Å². The molecule has 0 atom stereocenters. The lowest BCUT2D eigenvalue weighted by Gasteiger charge is -2.02. The molecule has 0 aliphatic heterocycles. The van der Waals surface area contributed by atoms with E-state index in [0.717, 1.165) is 29.9 Å². The smallest absolute Gasteiger partial charge is 0.265 e. The van der Waals surface area contributed by atoms with Gasteiger partial charge in [0.15, 0.2) is 0 Å². The van der Waals surface area contributed by atoms with Crippen LogP contribution in [0.5, 0.6) is 0 Å². The van der Waals surface area contributed by atoms with Crippen molar-refractivity contribution in [2.45, 2.75) is 18.9 Å². The molecule has 1 heterocycles. The molecule has 17 heavy (non-hydrogen) atoms. The zero-order chi connectivity index (χ0) is 11.7. The number of hydrogen-bond acceptors (Lipinski definition) is 4. The molecule has 0 bridgehead atoms. The second-order valence-electron chi connectivity index (χ2n) is 4.06. The van der Waals surface area contributed by atoms with Crippen LogP contribution in [0.3, 0.4) is 0 Å². The average Bonchev–Trinajstić information content (AvgIpc) is 3.04. The zero-order valence-electron chi connectivity index (χ0n) is 9.09. The molecule has 1 saturated carbocycles. The first-order chi connectivity index (χ1) is 8.34. The lowest BCUT2D eigenvalue weighted by molar-refractivity contribution is 0.0955. The number of benzene rings is 1. The standard InChI is InChI=1S/C12H11N3OS/c16-12(13-9-6-7-9)11-10(14-15-17-11)8-4-2-1-3-5-8/h1-5,9H,6-7H2,(H,13,16). The van der Waals surface area contributed by atoms with Crippen LogP contribution in [0.15, 0.2) is 30.3 Å². The van der Waals surface area contributed by atoms with Gasteiger partial charge in [0.05, 0.1) is 0 Å². The third-order valence-corrected chi connectivity index (χ3v) is 3.38. The summed E-state index contributed by atoms with van der Waals surface area (Å²) in [7, 11) is 0. The van der Waals surface area contributed by atoms with Crippen LogP contribution in [0.2, 0.25) is 0 Å². The number of hydrogen-bond donors (Lipinski definition) is 1. The number of aromatic nitrogens is 2. The molecule has 4 nitrogen and oxygen atoms in total. The van der Waals surface area contributed by atoms with Crippen LogP contribution in [-0.2, 0) is 0 Å². The monoisotopic (exact) mass is 245 g/mol. The molecular weight excluding hydrogens is 234 g/mol. The van der Waals surface area contributed by atoms with Crippen molar-refractivity contribution >= 4 is 17.4 Å². The SMILES string of the molecule is O=C(NC1CC1)c1snnc1-c1ccccc1. The summed E-state index contributed by atoms with van der Waals surface area (Å²) in [5, 5.41) is 7.00. The van der Waals surface area contributed by atoms with Crippen molar-refractivity contribution in [3.8, 4) is 11.3 Å². The summed E-state index contributed by atoms with van der Waals surface area (Å²) in [6.07, 6.45) is 2.16. The lowest BCUT2D eigenvalue weighted by atomic mass is 10.1. The molecule has 5 heteroatoms. The van der Waals surface area contributed by atoms with Crippen molar-refractivity contribution < 1.29 is 4.79 Å². The van der Waals surface area contributed by atoms with E-state index in [4.69, 9.17) is 0 Å². The molecule has 0 spiro atoms. The summed E-state index contributed by atoms with van der Waals surface area (Å²) in [6, 6.07) is 10.0. The fraction of sp³-hybridized carbons (Fsp3) is 0.250. The van der Waals surface area contributed by atoms with Gasteiger partial charge in [-0.3, -0.25) is 4.79 Å². The van der Waals surface area contributed by atoms with Gasteiger partial charge in [-0.1, -0.05) is 34.8 Å². The number of nitrogens with one attached hydrogen (secondary N) is 1. The number of carbonyl (C=O) groups excluding carboxylic acids is 1. The molecule has 0 saturated heterocycles. The maximum absolute atomic E-state index is 12.0.